The summed E-state index contributed by atoms with van der Waals surface area (Å²) in [4.78, 5) is 39.1. The number of primary amides is 1. The fourth-order valence-electron chi connectivity index (χ4n) is 2.65. The maximum atomic E-state index is 12.2. The van der Waals surface area contributed by atoms with Gasteiger partial charge in [-0.25, -0.2) is 4.98 Å². The van der Waals surface area contributed by atoms with Crippen molar-refractivity contribution in [1.29, 1.82) is 0 Å². The fraction of sp³-hybridized carbons (Fsp3) is 0.158. The monoisotopic (exact) mass is 382 g/mol. The SMILES string of the molecule is NC(=O)Cc1csc(NC(=O)CNC(=O)Cc2cccc3ccccc23)n1. The van der Waals surface area contributed by atoms with Gasteiger partial charge in [-0.15, -0.1) is 11.3 Å². The summed E-state index contributed by atoms with van der Waals surface area (Å²) in [5.41, 5.74) is 6.51. The normalized spacial score (nSPS) is 10.5. The number of rotatable bonds is 7. The molecule has 0 fully saturated rings. The van der Waals surface area contributed by atoms with E-state index in [4.69, 9.17) is 5.73 Å². The fourth-order valence-corrected chi connectivity index (χ4v) is 3.37. The molecule has 1 aromatic heterocycles. The number of benzene rings is 2. The third-order valence-electron chi connectivity index (χ3n) is 3.83. The molecule has 0 spiro atoms. The van der Waals surface area contributed by atoms with Crippen LogP contribution in [0.1, 0.15) is 11.3 Å². The molecule has 0 saturated heterocycles. The number of fused-ring (bicyclic) bond motifs is 1. The zero-order valence-corrected chi connectivity index (χ0v) is 15.2. The molecule has 3 amide bonds. The molecule has 0 aliphatic carbocycles. The minimum Gasteiger partial charge on any atom is -0.369 e. The number of nitrogens with two attached hydrogens (primary N) is 1. The zero-order chi connectivity index (χ0) is 19.2. The van der Waals surface area contributed by atoms with Gasteiger partial charge in [0.2, 0.25) is 17.7 Å². The summed E-state index contributed by atoms with van der Waals surface area (Å²) >= 11 is 1.19. The first-order valence-electron chi connectivity index (χ1n) is 8.27. The summed E-state index contributed by atoms with van der Waals surface area (Å²) in [5, 5.41) is 9.29. The molecule has 0 radical (unpaired) electrons. The Balaban J connectivity index is 1.52. The number of amides is 3. The number of carbonyl (C=O) groups excluding carboxylic acids is 3. The van der Waals surface area contributed by atoms with Gasteiger partial charge in [0.05, 0.1) is 25.1 Å². The predicted octanol–water partition coefficient (Wildman–Crippen LogP) is 1.62. The van der Waals surface area contributed by atoms with Gasteiger partial charge < -0.3 is 16.4 Å². The molecule has 2 aromatic carbocycles. The van der Waals surface area contributed by atoms with Crippen molar-refractivity contribution in [3.63, 3.8) is 0 Å². The first-order valence-corrected chi connectivity index (χ1v) is 9.15. The number of hydrogen-bond acceptors (Lipinski definition) is 5. The van der Waals surface area contributed by atoms with Crippen molar-refractivity contribution in [2.75, 3.05) is 11.9 Å². The van der Waals surface area contributed by atoms with E-state index < -0.39 is 5.91 Å². The van der Waals surface area contributed by atoms with Gasteiger partial charge in [0, 0.05) is 5.38 Å². The minimum atomic E-state index is -0.487. The maximum absolute atomic E-state index is 12.2. The molecule has 0 bridgehead atoms. The van der Waals surface area contributed by atoms with Gasteiger partial charge in [-0.3, -0.25) is 14.4 Å². The van der Waals surface area contributed by atoms with Crippen LogP contribution in [0.15, 0.2) is 47.8 Å². The predicted molar refractivity (Wildman–Crippen MR) is 104 cm³/mol. The Morgan fingerprint density at radius 3 is 2.59 bits per heavy atom. The molecule has 4 N–H and O–H groups in total. The highest BCUT2D eigenvalue weighted by atomic mass is 32.1. The zero-order valence-electron chi connectivity index (χ0n) is 14.4. The first kappa shape index (κ1) is 18.5. The molecule has 7 nitrogen and oxygen atoms in total. The second-order valence-corrected chi connectivity index (χ2v) is 6.79. The van der Waals surface area contributed by atoms with Crippen molar-refractivity contribution in [1.82, 2.24) is 10.3 Å². The lowest BCUT2D eigenvalue weighted by molar-refractivity contribution is -0.123. The summed E-state index contributed by atoms with van der Waals surface area (Å²) in [5.74, 6) is -1.12. The van der Waals surface area contributed by atoms with E-state index in [1.807, 2.05) is 42.5 Å². The number of aromatic nitrogens is 1. The van der Waals surface area contributed by atoms with Gasteiger partial charge >= 0.3 is 0 Å². The van der Waals surface area contributed by atoms with E-state index in [0.29, 0.717) is 10.8 Å². The lowest BCUT2D eigenvalue weighted by Crippen LogP contribution is -2.33. The second-order valence-electron chi connectivity index (χ2n) is 5.93. The third-order valence-corrected chi connectivity index (χ3v) is 4.64. The number of anilines is 1. The van der Waals surface area contributed by atoms with Crippen LogP contribution in [0.2, 0.25) is 0 Å². The van der Waals surface area contributed by atoms with Crippen LogP contribution in [0.3, 0.4) is 0 Å². The maximum Gasteiger partial charge on any atom is 0.245 e. The Morgan fingerprint density at radius 2 is 1.78 bits per heavy atom. The van der Waals surface area contributed by atoms with Crippen molar-refractivity contribution in [2.24, 2.45) is 5.73 Å². The third kappa shape index (κ3) is 5.11. The molecule has 3 aromatic rings. The van der Waals surface area contributed by atoms with E-state index in [1.165, 1.54) is 11.3 Å². The molecular formula is C19H18N4O3S. The van der Waals surface area contributed by atoms with Gasteiger partial charge in [0.15, 0.2) is 5.13 Å². The van der Waals surface area contributed by atoms with E-state index in [0.717, 1.165) is 16.3 Å². The smallest absolute Gasteiger partial charge is 0.245 e. The van der Waals surface area contributed by atoms with Crippen LogP contribution in [0.4, 0.5) is 5.13 Å². The van der Waals surface area contributed by atoms with E-state index in [9.17, 15) is 14.4 Å². The quantitative estimate of drug-likeness (QED) is 0.576. The molecule has 3 rings (SSSR count). The highest BCUT2D eigenvalue weighted by Gasteiger charge is 2.11. The highest BCUT2D eigenvalue weighted by molar-refractivity contribution is 7.13. The van der Waals surface area contributed by atoms with Crippen LogP contribution in [0, 0.1) is 0 Å². The Morgan fingerprint density at radius 1 is 1.00 bits per heavy atom. The largest absolute Gasteiger partial charge is 0.369 e. The average molecular weight is 382 g/mol. The van der Waals surface area contributed by atoms with E-state index in [2.05, 4.69) is 15.6 Å². The van der Waals surface area contributed by atoms with Gasteiger partial charge in [0.25, 0.3) is 0 Å². The van der Waals surface area contributed by atoms with Crippen molar-refractivity contribution >= 4 is 45.0 Å². The minimum absolute atomic E-state index is 0.0220. The average Bonchev–Trinajstić information content (AvgIpc) is 3.06. The molecule has 1 heterocycles. The van der Waals surface area contributed by atoms with Crippen LogP contribution in [0.5, 0.6) is 0 Å². The molecule has 0 aliphatic heterocycles. The Bertz CT molecular complexity index is 994. The standard InChI is InChI=1S/C19H18N4O3S/c20-16(24)9-14-11-27-19(22-14)23-18(26)10-21-17(25)8-13-6-3-5-12-4-1-2-7-15(12)13/h1-7,11H,8-10H2,(H2,20,24)(H,21,25)(H,22,23,26). The van der Waals surface area contributed by atoms with Crippen molar-refractivity contribution < 1.29 is 14.4 Å². The Hall–Kier alpha value is -3.26. The molecular weight excluding hydrogens is 364 g/mol. The molecule has 138 valence electrons. The van der Waals surface area contributed by atoms with Gasteiger partial charge in [0.1, 0.15) is 0 Å². The summed E-state index contributed by atoms with van der Waals surface area (Å²) in [6, 6.07) is 13.6. The number of hydrogen-bond donors (Lipinski definition) is 3. The summed E-state index contributed by atoms with van der Waals surface area (Å²) in [7, 11) is 0. The Labute approximate surface area is 159 Å². The van der Waals surface area contributed by atoms with Crippen LogP contribution in [-0.4, -0.2) is 29.3 Å². The summed E-state index contributed by atoms with van der Waals surface area (Å²) in [6.45, 7) is -0.158. The molecule has 0 saturated carbocycles. The van der Waals surface area contributed by atoms with Gasteiger partial charge in [-0.1, -0.05) is 42.5 Å². The molecule has 0 unspecified atom stereocenters. The molecule has 27 heavy (non-hydrogen) atoms. The first-order chi connectivity index (χ1) is 13.0. The van der Waals surface area contributed by atoms with E-state index >= 15 is 0 Å². The van der Waals surface area contributed by atoms with Crippen LogP contribution >= 0.6 is 11.3 Å². The number of carbonyl (C=O) groups is 3. The Kier molecular flexibility index (Phi) is 5.77. The lowest BCUT2D eigenvalue weighted by Gasteiger charge is -2.08. The van der Waals surface area contributed by atoms with Gasteiger partial charge in [-0.05, 0) is 16.3 Å². The van der Waals surface area contributed by atoms with Crippen molar-refractivity contribution in [2.45, 2.75) is 12.8 Å². The molecule has 8 heteroatoms. The number of nitrogens with one attached hydrogen (secondary N) is 2. The molecule has 0 aliphatic rings. The van der Waals surface area contributed by atoms with Crippen LogP contribution in [-0.2, 0) is 27.2 Å². The number of nitrogens with zero attached hydrogens (tertiary/aromatic N) is 1. The van der Waals surface area contributed by atoms with Crippen LogP contribution < -0.4 is 16.4 Å². The second kappa shape index (κ2) is 8.41. The van der Waals surface area contributed by atoms with E-state index in [-0.39, 0.29) is 31.2 Å². The summed E-state index contributed by atoms with van der Waals surface area (Å²) in [6.07, 6.45) is 0.211. The molecule has 0 atom stereocenters. The van der Waals surface area contributed by atoms with Crippen molar-refractivity contribution in [3.8, 4) is 0 Å². The lowest BCUT2D eigenvalue weighted by atomic mass is 10.0. The number of thiazole rings is 1. The van der Waals surface area contributed by atoms with Gasteiger partial charge in [-0.2, -0.15) is 0 Å². The summed E-state index contributed by atoms with van der Waals surface area (Å²) < 4.78 is 0. The van der Waals surface area contributed by atoms with E-state index in [1.54, 1.807) is 5.38 Å². The van der Waals surface area contributed by atoms with Crippen molar-refractivity contribution in [3.05, 3.63) is 59.1 Å². The van der Waals surface area contributed by atoms with Crippen LogP contribution in [0.25, 0.3) is 10.8 Å². The highest BCUT2D eigenvalue weighted by Crippen LogP contribution is 2.19. The topological polar surface area (TPSA) is 114 Å².